The minimum absolute atomic E-state index is 0.458. The summed E-state index contributed by atoms with van der Waals surface area (Å²) in [5.41, 5.74) is 0.519. The molecule has 0 aliphatic rings. The molecule has 0 bridgehead atoms. The Balaban J connectivity index is 3.14. The van der Waals surface area contributed by atoms with Crippen LogP contribution in [0.2, 0.25) is 0 Å². The molecule has 0 saturated carbocycles. The summed E-state index contributed by atoms with van der Waals surface area (Å²) in [4.78, 5) is 9.69. The van der Waals surface area contributed by atoms with Crippen molar-refractivity contribution in [3.63, 3.8) is 0 Å². The Morgan fingerprint density at radius 2 is 2.12 bits per heavy atom. The average molecular weight is 244 g/mol. The molecule has 0 aliphatic heterocycles. The molecule has 0 aromatic heterocycles. The van der Waals surface area contributed by atoms with E-state index >= 15 is 0 Å². The van der Waals surface area contributed by atoms with Gasteiger partial charge in [-0.2, -0.15) is 0 Å². The summed E-state index contributed by atoms with van der Waals surface area (Å²) in [5.74, 6) is 1.06. The Hall–Kier alpha value is -1.75. The maximum absolute atomic E-state index is 10.4. The highest BCUT2D eigenvalue weighted by Gasteiger charge is 2.09. The van der Waals surface area contributed by atoms with Gasteiger partial charge in [0.15, 0.2) is 0 Å². The van der Waals surface area contributed by atoms with Crippen LogP contribution in [0.1, 0.15) is 5.56 Å². The monoisotopic (exact) mass is 243 g/mol. The molecule has 16 heavy (non-hydrogen) atoms. The molecule has 0 fully saturated rings. The summed E-state index contributed by atoms with van der Waals surface area (Å²) >= 11 is 5.43. The van der Waals surface area contributed by atoms with Crippen molar-refractivity contribution in [1.29, 1.82) is 0 Å². The number of hydrogen-bond donors (Lipinski definition) is 0. The Morgan fingerprint density at radius 3 is 2.62 bits per heavy atom. The molecular weight excluding hydrogens is 234 g/mol. The summed E-state index contributed by atoms with van der Waals surface area (Å²) in [6, 6.07) is 4.91. The van der Waals surface area contributed by atoms with Crippen LogP contribution < -0.4 is 9.47 Å². The van der Waals surface area contributed by atoms with Crippen LogP contribution in [0.25, 0.3) is 6.08 Å². The third kappa shape index (κ3) is 2.87. The van der Waals surface area contributed by atoms with Gasteiger partial charge in [0.1, 0.15) is 11.5 Å². The Kier molecular flexibility index (Phi) is 4.13. The van der Waals surface area contributed by atoms with E-state index in [2.05, 4.69) is 0 Å². The molecule has 1 aromatic rings. The molecule has 0 saturated heterocycles. The Bertz CT molecular complexity index is 431. The maximum Gasteiger partial charge on any atom is 0.337 e. The molecule has 0 N–H and O–H groups in total. The van der Waals surface area contributed by atoms with Crippen molar-refractivity contribution >= 4 is 17.7 Å². The Morgan fingerprint density at radius 1 is 1.44 bits per heavy atom. The van der Waals surface area contributed by atoms with Gasteiger partial charge in [-0.05, 0) is 23.7 Å². The third-order valence-corrected chi connectivity index (χ3v) is 2.14. The highest BCUT2D eigenvalue weighted by Crippen LogP contribution is 2.27. The van der Waals surface area contributed by atoms with Crippen LogP contribution in [0.5, 0.6) is 11.5 Å². The van der Waals surface area contributed by atoms with Gasteiger partial charge in [0.25, 0.3) is 0 Å². The summed E-state index contributed by atoms with van der Waals surface area (Å²) in [5, 5.41) is 9.90. The third-order valence-electron chi connectivity index (χ3n) is 1.89. The van der Waals surface area contributed by atoms with E-state index in [0.717, 1.165) is 0 Å². The molecule has 86 valence electrons. The molecule has 0 unspecified atom stereocenters. The second-order valence-corrected chi connectivity index (χ2v) is 3.22. The first-order valence-electron chi connectivity index (χ1n) is 4.32. The minimum Gasteiger partial charge on any atom is -0.497 e. The molecule has 0 aliphatic carbocycles. The highest BCUT2D eigenvalue weighted by atomic mass is 35.5. The second-order valence-electron chi connectivity index (χ2n) is 2.83. The van der Waals surface area contributed by atoms with Crippen molar-refractivity contribution in [3.8, 4) is 11.5 Å². The van der Waals surface area contributed by atoms with Crippen molar-refractivity contribution in [3.05, 3.63) is 39.0 Å². The van der Waals surface area contributed by atoms with Gasteiger partial charge in [-0.15, -0.1) is 0 Å². The summed E-state index contributed by atoms with van der Waals surface area (Å²) < 4.78 is 10.1. The molecule has 0 atom stereocenters. The molecule has 0 radical (unpaired) electrons. The topological polar surface area (TPSA) is 61.6 Å². The zero-order chi connectivity index (χ0) is 12.1. The van der Waals surface area contributed by atoms with Crippen LogP contribution in [0.4, 0.5) is 0 Å². The number of hydrogen-bond acceptors (Lipinski definition) is 4. The van der Waals surface area contributed by atoms with Gasteiger partial charge in [0.2, 0.25) is 0 Å². The van der Waals surface area contributed by atoms with Gasteiger partial charge in [-0.25, -0.2) is 0 Å². The van der Waals surface area contributed by atoms with E-state index in [1.165, 1.54) is 20.3 Å². The van der Waals surface area contributed by atoms with Crippen LogP contribution in [0, 0.1) is 10.1 Å². The second kappa shape index (κ2) is 5.37. The Labute approximate surface area is 97.4 Å². The molecular formula is C10H10ClNO4. The number of halogens is 1. The lowest BCUT2D eigenvalue weighted by Crippen LogP contribution is -1.93. The first kappa shape index (κ1) is 12.3. The summed E-state index contributed by atoms with van der Waals surface area (Å²) in [6.07, 6.45) is 1.22. The summed E-state index contributed by atoms with van der Waals surface area (Å²) in [6.45, 7) is 0. The SMILES string of the molecule is COc1ccc(C=C(Cl)[N+](=O)[O-])c(OC)c1. The molecule has 1 aromatic carbocycles. The number of nitrogens with zero attached hydrogens (tertiary/aromatic N) is 1. The van der Waals surface area contributed by atoms with Crippen LogP contribution in [0.3, 0.4) is 0 Å². The summed E-state index contributed by atoms with van der Waals surface area (Å²) in [7, 11) is 2.99. The zero-order valence-electron chi connectivity index (χ0n) is 8.77. The van der Waals surface area contributed by atoms with Crippen molar-refractivity contribution in [2.45, 2.75) is 0 Å². The predicted octanol–water partition coefficient (Wildman–Crippen LogP) is 2.52. The van der Waals surface area contributed by atoms with Crippen LogP contribution >= 0.6 is 11.6 Å². The van der Waals surface area contributed by atoms with Crippen molar-refractivity contribution < 1.29 is 14.4 Å². The first-order chi connectivity index (χ1) is 7.58. The number of ether oxygens (including phenoxy) is 2. The lowest BCUT2D eigenvalue weighted by Gasteiger charge is -2.06. The lowest BCUT2D eigenvalue weighted by molar-refractivity contribution is -0.410. The maximum atomic E-state index is 10.4. The standard InChI is InChI=1S/C10H10ClNO4/c1-15-8-4-3-7(9(6-8)16-2)5-10(11)12(13)14/h3-6H,1-2H3. The normalized spacial score (nSPS) is 11.1. The molecule has 0 amide bonds. The van der Waals surface area contributed by atoms with Crippen molar-refractivity contribution in [2.75, 3.05) is 14.2 Å². The zero-order valence-corrected chi connectivity index (χ0v) is 9.52. The van der Waals surface area contributed by atoms with Gasteiger partial charge in [0, 0.05) is 17.7 Å². The number of benzene rings is 1. The van der Waals surface area contributed by atoms with Gasteiger partial charge in [0.05, 0.1) is 19.1 Å². The molecule has 0 spiro atoms. The molecule has 5 nitrogen and oxygen atoms in total. The largest absolute Gasteiger partial charge is 0.497 e. The first-order valence-corrected chi connectivity index (χ1v) is 4.70. The van der Waals surface area contributed by atoms with Crippen molar-refractivity contribution in [2.24, 2.45) is 0 Å². The number of rotatable bonds is 4. The van der Waals surface area contributed by atoms with E-state index in [9.17, 15) is 10.1 Å². The molecule has 1 rings (SSSR count). The van der Waals surface area contributed by atoms with Crippen molar-refractivity contribution in [1.82, 2.24) is 0 Å². The minimum atomic E-state index is -0.675. The molecule has 0 heterocycles. The fourth-order valence-electron chi connectivity index (χ4n) is 1.12. The predicted molar refractivity (Wildman–Crippen MR) is 60.4 cm³/mol. The van der Waals surface area contributed by atoms with E-state index in [1.807, 2.05) is 0 Å². The van der Waals surface area contributed by atoms with E-state index in [0.29, 0.717) is 17.1 Å². The smallest absolute Gasteiger partial charge is 0.337 e. The fourth-order valence-corrected chi connectivity index (χ4v) is 1.24. The van der Waals surface area contributed by atoms with E-state index in [1.54, 1.807) is 18.2 Å². The average Bonchev–Trinajstić information content (AvgIpc) is 2.29. The van der Waals surface area contributed by atoms with Crippen LogP contribution in [0.15, 0.2) is 23.4 Å². The van der Waals surface area contributed by atoms with Gasteiger partial charge < -0.3 is 9.47 Å². The van der Waals surface area contributed by atoms with E-state index < -0.39 is 10.1 Å². The number of methoxy groups -OCH3 is 2. The van der Waals surface area contributed by atoms with Crippen LogP contribution in [-0.2, 0) is 0 Å². The van der Waals surface area contributed by atoms with Gasteiger partial charge in [-0.3, -0.25) is 10.1 Å². The quantitative estimate of drug-likeness (QED) is 0.463. The van der Waals surface area contributed by atoms with Gasteiger partial charge >= 0.3 is 5.16 Å². The van der Waals surface area contributed by atoms with E-state index in [-0.39, 0.29) is 0 Å². The van der Waals surface area contributed by atoms with Crippen LogP contribution in [-0.4, -0.2) is 19.1 Å². The highest BCUT2D eigenvalue weighted by molar-refractivity contribution is 6.29. The van der Waals surface area contributed by atoms with Gasteiger partial charge in [-0.1, -0.05) is 0 Å². The van der Waals surface area contributed by atoms with E-state index in [4.69, 9.17) is 21.1 Å². The molecule has 6 heteroatoms. The lowest BCUT2D eigenvalue weighted by atomic mass is 10.2. The fraction of sp³-hybridized carbons (Fsp3) is 0.200. The number of nitro groups is 1.